The van der Waals surface area contributed by atoms with Crippen molar-refractivity contribution in [2.75, 3.05) is 7.11 Å². The Balaban J connectivity index is 2.59. The summed E-state index contributed by atoms with van der Waals surface area (Å²) >= 11 is 0. The first-order chi connectivity index (χ1) is 7.33. The highest BCUT2D eigenvalue weighted by Gasteiger charge is 2.10. The second-order valence-corrected chi connectivity index (χ2v) is 2.92. The zero-order chi connectivity index (χ0) is 10.7. The number of pyridine rings is 2. The predicted octanol–water partition coefficient (Wildman–Crippen LogP) is 2.29. The Morgan fingerprint density at radius 3 is 2.80 bits per heavy atom. The van der Waals surface area contributed by atoms with Crippen LogP contribution >= 0.6 is 0 Å². The van der Waals surface area contributed by atoms with E-state index in [9.17, 15) is 4.39 Å². The Labute approximate surface area is 86.6 Å². The quantitative estimate of drug-likeness (QED) is 0.704. The van der Waals surface area contributed by atoms with Gasteiger partial charge in [-0.2, -0.15) is 4.39 Å². The Morgan fingerprint density at radius 2 is 2.07 bits per heavy atom. The molecule has 0 spiro atoms. The van der Waals surface area contributed by atoms with Gasteiger partial charge in [-0.25, -0.2) is 4.98 Å². The zero-order valence-corrected chi connectivity index (χ0v) is 8.14. The lowest BCUT2D eigenvalue weighted by molar-refractivity contribution is 0.415. The molecule has 0 aliphatic carbocycles. The first-order valence-electron chi connectivity index (χ1n) is 4.42. The van der Waals surface area contributed by atoms with Crippen molar-refractivity contribution >= 4 is 0 Å². The van der Waals surface area contributed by atoms with Crippen LogP contribution in [0.1, 0.15) is 0 Å². The summed E-state index contributed by atoms with van der Waals surface area (Å²) in [5.41, 5.74) is 0.994. The molecule has 76 valence electrons. The second kappa shape index (κ2) is 4.04. The van der Waals surface area contributed by atoms with Crippen molar-refractivity contribution in [1.29, 1.82) is 0 Å². The minimum atomic E-state index is -0.524. The largest absolute Gasteiger partial charge is 0.496 e. The Hall–Kier alpha value is -1.97. The zero-order valence-electron chi connectivity index (χ0n) is 8.14. The molecule has 0 amide bonds. The van der Waals surface area contributed by atoms with E-state index in [1.165, 1.54) is 13.3 Å². The maximum Gasteiger partial charge on any atom is 0.220 e. The van der Waals surface area contributed by atoms with E-state index in [-0.39, 0.29) is 0 Å². The van der Waals surface area contributed by atoms with Crippen LogP contribution in [0.2, 0.25) is 0 Å². The molecule has 2 rings (SSSR count). The molecule has 0 saturated carbocycles. The number of hydrogen-bond acceptors (Lipinski definition) is 3. The van der Waals surface area contributed by atoms with Crippen molar-refractivity contribution in [3.63, 3.8) is 0 Å². The summed E-state index contributed by atoms with van der Waals surface area (Å²) in [6, 6.07) is 4.99. The first-order valence-corrected chi connectivity index (χ1v) is 4.42. The molecule has 0 aliphatic rings. The number of ether oxygens (including phenoxy) is 1. The summed E-state index contributed by atoms with van der Waals surface area (Å²) < 4.78 is 18.5. The third kappa shape index (κ3) is 1.79. The van der Waals surface area contributed by atoms with Gasteiger partial charge in [0.15, 0.2) is 0 Å². The number of hydrogen-bond donors (Lipinski definition) is 0. The minimum absolute atomic E-state index is 0.391. The Kier molecular flexibility index (Phi) is 2.58. The molecule has 2 aromatic rings. The molecule has 0 aliphatic heterocycles. The van der Waals surface area contributed by atoms with Crippen molar-refractivity contribution < 1.29 is 9.13 Å². The van der Waals surface area contributed by atoms with Crippen LogP contribution in [0.5, 0.6) is 5.75 Å². The molecule has 0 bridgehead atoms. The summed E-state index contributed by atoms with van der Waals surface area (Å²) in [4.78, 5) is 7.52. The molecule has 3 nitrogen and oxygen atoms in total. The molecular formula is C11H9FN2O. The Morgan fingerprint density at radius 1 is 1.20 bits per heavy atom. The van der Waals surface area contributed by atoms with Crippen LogP contribution < -0.4 is 4.74 Å². The van der Waals surface area contributed by atoms with Crippen LogP contribution in [-0.4, -0.2) is 17.1 Å². The lowest BCUT2D eigenvalue weighted by atomic mass is 10.1. The molecule has 0 fully saturated rings. The first kappa shape index (κ1) is 9.58. The molecular weight excluding hydrogens is 195 g/mol. The van der Waals surface area contributed by atoms with E-state index in [0.29, 0.717) is 16.9 Å². The van der Waals surface area contributed by atoms with Crippen molar-refractivity contribution in [3.8, 4) is 16.9 Å². The van der Waals surface area contributed by atoms with Gasteiger partial charge >= 0.3 is 0 Å². The van der Waals surface area contributed by atoms with Gasteiger partial charge in [0.05, 0.1) is 7.11 Å². The normalized spacial score (nSPS) is 10.0. The van der Waals surface area contributed by atoms with E-state index in [1.54, 1.807) is 30.6 Å². The van der Waals surface area contributed by atoms with Gasteiger partial charge in [0, 0.05) is 29.7 Å². The van der Waals surface area contributed by atoms with Crippen LogP contribution in [0.25, 0.3) is 11.1 Å². The lowest BCUT2D eigenvalue weighted by Crippen LogP contribution is -1.92. The average molecular weight is 204 g/mol. The molecule has 2 heterocycles. The standard InChI is InChI=1S/C11H9FN2O/c1-15-10-4-6-13-7-9(10)8-3-2-5-14-11(8)12/h2-7H,1H3. The fraction of sp³-hybridized carbons (Fsp3) is 0.0909. The molecule has 2 aromatic heterocycles. The fourth-order valence-corrected chi connectivity index (χ4v) is 1.35. The highest BCUT2D eigenvalue weighted by molar-refractivity contribution is 5.68. The highest BCUT2D eigenvalue weighted by Crippen LogP contribution is 2.29. The van der Waals surface area contributed by atoms with Gasteiger partial charge < -0.3 is 4.74 Å². The molecule has 0 unspecified atom stereocenters. The van der Waals surface area contributed by atoms with Crippen LogP contribution in [0.15, 0.2) is 36.8 Å². The monoisotopic (exact) mass is 204 g/mol. The predicted molar refractivity (Wildman–Crippen MR) is 54.0 cm³/mol. The smallest absolute Gasteiger partial charge is 0.220 e. The van der Waals surface area contributed by atoms with Crippen molar-refractivity contribution in [3.05, 3.63) is 42.7 Å². The maximum atomic E-state index is 13.4. The van der Waals surface area contributed by atoms with E-state index in [1.807, 2.05) is 0 Å². The van der Waals surface area contributed by atoms with Crippen molar-refractivity contribution in [1.82, 2.24) is 9.97 Å². The van der Waals surface area contributed by atoms with E-state index in [0.717, 1.165) is 0 Å². The van der Waals surface area contributed by atoms with Crippen LogP contribution in [-0.2, 0) is 0 Å². The highest BCUT2D eigenvalue weighted by atomic mass is 19.1. The van der Waals surface area contributed by atoms with E-state index in [2.05, 4.69) is 9.97 Å². The third-order valence-corrected chi connectivity index (χ3v) is 2.05. The summed E-state index contributed by atoms with van der Waals surface area (Å²) in [6.45, 7) is 0. The fourth-order valence-electron chi connectivity index (χ4n) is 1.35. The molecule has 0 N–H and O–H groups in total. The van der Waals surface area contributed by atoms with Gasteiger partial charge in [0.1, 0.15) is 5.75 Å². The van der Waals surface area contributed by atoms with Gasteiger partial charge in [-0.05, 0) is 18.2 Å². The van der Waals surface area contributed by atoms with Gasteiger partial charge in [-0.3, -0.25) is 4.98 Å². The number of nitrogens with zero attached hydrogens (tertiary/aromatic N) is 2. The van der Waals surface area contributed by atoms with Gasteiger partial charge in [-0.15, -0.1) is 0 Å². The summed E-state index contributed by atoms with van der Waals surface area (Å²) in [5, 5.41) is 0. The van der Waals surface area contributed by atoms with Crippen LogP contribution in [0.3, 0.4) is 0 Å². The van der Waals surface area contributed by atoms with E-state index in [4.69, 9.17) is 4.74 Å². The molecule has 4 heteroatoms. The molecule has 0 aromatic carbocycles. The third-order valence-electron chi connectivity index (χ3n) is 2.05. The lowest BCUT2D eigenvalue weighted by Gasteiger charge is -2.07. The van der Waals surface area contributed by atoms with Gasteiger partial charge in [-0.1, -0.05) is 0 Å². The number of methoxy groups -OCH3 is 1. The average Bonchev–Trinajstić information content (AvgIpc) is 2.30. The maximum absolute atomic E-state index is 13.4. The van der Waals surface area contributed by atoms with E-state index >= 15 is 0 Å². The second-order valence-electron chi connectivity index (χ2n) is 2.92. The SMILES string of the molecule is COc1ccncc1-c1cccnc1F. The molecule has 0 atom stereocenters. The number of rotatable bonds is 2. The van der Waals surface area contributed by atoms with E-state index < -0.39 is 5.95 Å². The summed E-state index contributed by atoms with van der Waals surface area (Å²) in [5.74, 6) is 0.0562. The van der Waals surface area contributed by atoms with Crippen LogP contribution in [0, 0.1) is 5.95 Å². The number of halogens is 1. The Bertz CT molecular complexity index is 474. The number of aromatic nitrogens is 2. The van der Waals surface area contributed by atoms with Crippen molar-refractivity contribution in [2.45, 2.75) is 0 Å². The van der Waals surface area contributed by atoms with Crippen molar-refractivity contribution in [2.24, 2.45) is 0 Å². The summed E-state index contributed by atoms with van der Waals surface area (Å²) in [7, 11) is 1.53. The molecule has 15 heavy (non-hydrogen) atoms. The van der Waals surface area contributed by atoms with Gasteiger partial charge in [0.25, 0.3) is 0 Å². The molecule has 0 saturated heterocycles. The van der Waals surface area contributed by atoms with Gasteiger partial charge in [0.2, 0.25) is 5.95 Å². The summed E-state index contributed by atoms with van der Waals surface area (Å²) in [6.07, 6.45) is 4.55. The topological polar surface area (TPSA) is 35.0 Å². The van der Waals surface area contributed by atoms with Crippen LogP contribution in [0.4, 0.5) is 4.39 Å². The minimum Gasteiger partial charge on any atom is -0.496 e. The molecule has 0 radical (unpaired) electrons.